The van der Waals surface area contributed by atoms with Crippen LogP contribution in [0.4, 0.5) is 5.69 Å². The van der Waals surface area contributed by atoms with E-state index < -0.39 is 11.5 Å². The van der Waals surface area contributed by atoms with Gasteiger partial charge >= 0.3 is 0 Å². The lowest BCUT2D eigenvalue weighted by molar-refractivity contribution is -0.112. The first kappa shape index (κ1) is 23.3. The van der Waals surface area contributed by atoms with Crippen molar-refractivity contribution in [1.29, 1.82) is 5.26 Å². The van der Waals surface area contributed by atoms with Gasteiger partial charge in [0, 0.05) is 11.9 Å². The molecule has 8 heteroatoms. The Labute approximate surface area is 201 Å². The zero-order valence-electron chi connectivity index (χ0n) is 19.4. The highest BCUT2D eigenvalue weighted by Gasteiger charge is 2.18. The molecule has 2 aromatic heterocycles. The number of anilines is 1. The van der Waals surface area contributed by atoms with Gasteiger partial charge in [-0.3, -0.25) is 14.0 Å². The van der Waals surface area contributed by atoms with Crippen molar-refractivity contribution < 1.29 is 14.3 Å². The van der Waals surface area contributed by atoms with Gasteiger partial charge in [0.2, 0.25) is 5.88 Å². The number of methoxy groups -OCH3 is 1. The molecule has 0 bridgehead atoms. The number of pyridine rings is 1. The lowest BCUT2D eigenvalue weighted by Crippen LogP contribution is -2.20. The second-order valence-corrected chi connectivity index (χ2v) is 7.74. The molecule has 0 saturated carbocycles. The number of amides is 1. The summed E-state index contributed by atoms with van der Waals surface area (Å²) in [6.45, 7) is 3.70. The molecule has 174 valence electrons. The summed E-state index contributed by atoms with van der Waals surface area (Å²) in [5.41, 5.74) is 1.74. The van der Waals surface area contributed by atoms with Crippen LogP contribution in [-0.4, -0.2) is 22.4 Å². The van der Waals surface area contributed by atoms with Crippen molar-refractivity contribution >= 4 is 23.3 Å². The van der Waals surface area contributed by atoms with E-state index >= 15 is 0 Å². The highest BCUT2D eigenvalue weighted by molar-refractivity contribution is 6.09. The van der Waals surface area contributed by atoms with Crippen molar-refractivity contribution in [2.45, 2.75) is 13.8 Å². The van der Waals surface area contributed by atoms with Crippen molar-refractivity contribution in [2.24, 2.45) is 0 Å². The molecule has 8 nitrogen and oxygen atoms in total. The summed E-state index contributed by atoms with van der Waals surface area (Å²) in [5, 5.41) is 12.4. The summed E-state index contributed by atoms with van der Waals surface area (Å²) < 4.78 is 12.5. The molecule has 0 atom stereocenters. The Kier molecular flexibility index (Phi) is 6.60. The van der Waals surface area contributed by atoms with E-state index in [2.05, 4.69) is 10.3 Å². The summed E-state index contributed by atoms with van der Waals surface area (Å²) in [4.78, 5) is 30.8. The number of hydrogen-bond acceptors (Lipinski definition) is 6. The van der Waals surface area contributed by atoms with Crippen LogP contribution in [0.5, 0.6) is 17.4 Å². The first-order valence-corrected chi connectivity index (χ1v) is 10.7. The van der Waals surface area contributed by atoms with Gasteiger partial charge in [0.05, 0.1) is 7.11 Å². The molecule has 1 N–H and O–H groups in total. The van der Waals surface area contributed by atoms with Crippen LogP contribution in [0.15, 0.2) is 77.2 Å². The Morgan fingerprint density at radius 3 is 2.46 bits per heavy atom. The molecule has 0 fully saturated rings. The molecule has 0 aliphatic carbocycles. The number of fused-ring (bicyclic) bond motifs is 1. The van der Waals surface area contributed by atoms with Crippen LogP contribution in [0.2, 0.25) is 0 Å². The second-order valence-electron chi connectivity index (χ2n) is 7.74. The Hall–Kier alpha value is -4.90. The van der Waals surface area contributed by atoms with E-state index in [0.717, 1.165) is 11.1 Å². The second kappa shape index (κ2) is 9.93. The molecule has 0 aliphatic rings. The zero-order valence-corrected chi connectivity index (χ0v) is 19.4. The first-order valence-electron chi connectivity index (χ1n) is 10.7. The average molecular weight is 466 g/mol. The first-order chi connectivity index (χ1) is 16.9. The van der Waals surface area contributed by atoms with E-state index in [1.54, 1.807) is 48.7 Å². The van der Waals surface area contributed by atoms with Gasteiger partial charge < -0.3 is 14.8 Å². The summed E-state index contributed by atoms with van der Waals surface area (Å²) >= 11 is 0. The molecule has 4 rings (SSSR count). The van der Waals surface area contributed by atoms with Crippen LogP contribution in [-0.2, 0) is 4.79 Å². The molecule has 2 heterocycles. The largest absolute Gasteiger partial charge is 0.497 e. The quantitative estimate of drug-likeness (QED) is 0.327. The van der Waals surface area contributed by atoms with Crippen molar-refractivity contribution in [3.05, 3.63) is 99.5 Å². The van der Waals surface area contributed by atoms with Crippen molar-refractivity contribution in [2.75, 3.05) is 12.4 Å². The third-order valence-electron chi connectivity index (χ3n) is 5.35. The summed E-state index contributed by atoms with van der Waals surface area (Å²) in [7, 11) is 1.54. The van der Waals surface area contributed by atoms with Gasteiger partial charge in [-0.05, 0) is 67.4 Å². The molecule has 2 aromatic carbocycles. The molecule has 0 unspecified atom stereocenters. The highest BCUT2D eigenvalue weighted by atomic mass is 16.5. The minimum atomic E-state index is -0.673. The van der Waals surface area contributed by atoms with Gasteiger partial charge in [-0.1, -0.05) is 24.3 Å². The molecule has 0 radical (unpaired) electrons. The molecule has 4 aromatic rings. The smallest absolute Gasteiger partial charge is 0.269 e. The van der Waals surface area contributed by atoms with Gasteiger partial charge in [-0.2, -0.15) is 10.2 Å². The predicted octanol–water partition coefficient (Wildman–Crippen LogP) is 4.66. The van der Waals surface area contributed by atoms with Gasteiger partial charge in [0.25, 0.3) is 11.5 Å². The Morgan fingerprint density at radius 1 is 1.06 bits per heavy atom. The normalized spacial score (nSPS) is 11.1. The fourth-order valence-corrected chi connectivity index (χ4v) is 3.43. The molecule has 35 heavy (non-hydrogen) atoms. The number of nitriles is 1. The number of carbonyl (C=O) groups is 1. The number of benzene rings is 2. The van der Waals surface area contributed by atoms with Crippen LogP contribution in [0, 0.1) is 25.2 Å². The van der Waals surface area contributed by atoms with E-state index in [-0.39, 0.29) is 17.0 Å². The number of aromatic nitrogens is 2. The number of aryl methyl sites for hydroxylation is 2. The number of hydrogen-bond donors (Lipinski definition) is 1. The van der Waals surface area contributed by atoms with Crippen molar-refractivity contribution in [1.82, 2.24) is 9.38 Å². The van der Waals surface area contributed by atoms with E-state index in [0.29, 0.717) is 22.8 Å². The zero-order chi connectivity index (χ0) is 24.9. The van der Waals surface area contributed by atoms with Crippen LogP contribution in [0.3, 0.4) is 0 Å². The minimum Gasteiger partial charge on any atom is -0.497 e. The number of carbonyl (C=O) groups excluding carboxylic acids is 1. The van der Waals surface area contributed by atoms with Crippen molar-refractivity contribution in [3.63, 3.8) is 0 Å². The monoisotopic (exact) mass is 466 g/mol. The minimum absolute atomic E-state index is 0.00333. The number of ether oxygens (including phenoxy) is 2. The van der Waals surface area contributed by atoms with Crippen molar-refractivity contribution in [3.8, 4) is 23.4 Å². The van der Waals surface area contributed by atoms with Crippen LogP contribution < -0.4 is 20.3 Å². The topological polar surface area (TPSA) is 106 Å². The fraction of sp³-hybridized carbons (Fsp3) is 0.111. The fourth-order valence-electron chi connectivity index (χ4n) is 3.43. The third kappa shape index (κ3) is 4.89. The van der Waals surface area contributed by atoms with Gasteiger partial charge in [0.1, 0.15) is 34.4 Å². The summed E-state index contributed by atoms with van der Waals surface area (Å²) in [6, 6.07) is 19.4. The Morgan fingerprint density at radius 2 is 1.77 bits per heavy atom. The van der Waals surface area contributed by atoms with Crippen LogP contribution in [0.1, 0.15) is 16.7 Å². The maximum atomic E-state index is 13.4. The van der Waals surface area contributed by atoms with Gasteiger partial charge in [-0.15, -0.1) is 0 Å². The molecule has 1 amide bonds. The molecule has 0 spiro atoms. The van der Waals surface area contributed by atoms with E-state index in [1.807, 2.05) is 38.1 Å². The van der Waals surface area contributed by atoms with Crippen LogP contribution in [0.25, 0.3) is 11.7 Å². The highest BCUT2D eigenvalue weighted by Crippen LogP contribution is 2.27. The molecular weight excluding hydrogens is 444 g/mol. The number of para-hydroxylation sites is 1. The predicted molar refractivity (Wildman–Crippen MR) is 133 cm³/mol. The SMILES string of the molecule is COc1ccc(NC(=O)C(C#N)=Cc2c(Oc3ccccc3C)nc3c(C)cccn3c2=O)cc1. The van der Waals surface area contributed by atoms with Gasteiger partial charge in [-0.25, -0.2) is 0 Å². The van der Waals surface area contributed by atoms with Gasteiger partial charge in [0.15, 0.2) is 0 Å². The molecule has 0 saturated heterocycles. The molecule has 0 aliphatic heterocycles. The number of nitrogens with zero attached hydrogens (tertiary/aromatic N) is 3. The van der Waals surface area contributed by atoms with E-state index in [4.69, 9.17) is 9.47 Å². The maximum absolute atomic E-state index is 13.4. The lowest BCUT2D eigenvalue weighted by atomic mass is 10.1. The summed E-state index contributed by atoms with van der Waals surface area (Å²) in [5.74, 6) is 0.465. The molecular formula is C27H22N4O4. The van der Waals surface area contributed by atoms with E-state index in [9.17, 15) is 14.9 Å². The van der Waals surface area contributed by atoms with Crippen LogP contribution >= 0.6 is 0 Å². The third-order valence-corrected chi connectivity index (χ3v) is 5.35. The standard InChI is InChI=1S/C27H22N4O4/c1-17-7-4-5-9-23(17)35-26-22(27(33)31-14-6-8-18(2)24(31)30-26)15-19(16-28)25(32)29-20-10-12-21(34-3)13-11-20/h4-15H,1-3H3,(H,29,32). The lowest BCUT2D eigenvalue weighted by Gasteiger charge is -2.13. The Balaban J connectivity index is 1.81. The summed E-state index contributed by atoms with van der Waals surface area (Å²) in [6.07, 6.45) is 2.78. The van der Waals surface area contributed by atoms with E-state index in [1.165, 1.54) is 17.6 Å². The average Bonchev–Trinajstić information content (AvgIpc) is 2.86. The number of nitrogens with one attached hydrogen (secondary N) is 1. The maximum Gasteiger partial charge on any atom is 0.269 e. The Bertz CT molecular complexity index is 1550. The number of rotatable bonds is 6.